The third-order valence-corrected chi connectivity index (χ3v) is 6.19. The van der Waals surface area contributed by atoms with E-state index in [-0.39, 0.29) is 5.69 Å². The Morgan fingerprint density at radius 3 is 1.64 bits per heavy atom. The summed E-state index contributed by atoms with van der Waals surface area (Å²) in [6.45, 7) is 0. The number of nitrogens with zero attached hydrogens (tertiary/aromatic N) is 4. The fraction of sp³-hybridized carbons (Fsp3) is 0.0357. The zero-order chi connectivity index (χ0) is 22.7. The molecule has 0 amide bonds. The molecular formula is C28H19BrN4. The van der Waals surface area contributed by atoms with Gasteiger partial charge in [0.05, 0.1) is 0 Å². The van der Waals surface area contributed by atoms with Crippen molar-refractivity contribution in [1.29, 1.82) is 5.26 Å². The first-order chi connectivity index (χ1) is 16.2. The van der Waals surface area contributed by atoms with E-state index in [9.17, 15) is 5.26 Å². The number of hydrogen-bond acceptors (Lipinski definition) is 3. The molecule has 5 aromatic rings. The van der Waals surface area contributed by atoms with Crippen LogP contribution in [0.15, 0.2) is 120 Å². The second kappa shape index (κ2) is 8.85. The fourth-order valence-corrected chi connectivity index (χ4v) is 4.65. The van der Waals surface area contributed by atoms with Crippen LogP contribution in [0.2, 0.25) is 0 Å². The van der Waals surface area contributed by atoms with Crippen molar-refractivity contribution in [2.24, 2.45) is 0 Å². The van der Waals surface area contributed by atoms with Crippen molar-refractivity contribution in [3.63, 3.8) is 0 Å². The number of rotatable bonds is 5. The lowest BCUT2D eigenvalue weighted by molar-refractivity contribution is 0.404. The van der Waals surface area contributed by atoms with Crippen LogP contribution in [0.1, 0.15) is 22.4 Å². The van der Waals surface area contributed by atoms with Crippen molar-refractivity contribution in [2.75, 3.05) is 0 Å². The Balaban J connectivity index is 1.88. The molecule has 0 saturated heterocycles. The maximum Gasteiger partial charge on any atom is 0.190 e. The third-order valence-electron chi connectivity index (χ3n) is 5.69. The van der Waals surface area contributed by atoms with Crippen molar-refractivity contribution in [2.45, 2.75) is 5.54 Å². The average Bonchev–Trinajstić information content (AvgIpc) is 3.31. The molecule has 158 valence electrons. The molecule has 0 spiro atoms. The molecule has 0 saturated carbocycles. The molecule has 0 aliphatic carbocycles. The van der Waals surface area contributed by atoms with Gasteiger partial charge >= 0.3 is 0 Å². The quantitative estimate of drug-likeness (QED) is 0.267. The van der Waals surface area contributed by atoms with E-state index in [4.69, 9.17) is 10.2 Å². The molecule has 0 aliphatic rings. The highest BCUT2D eigenvalue weighted by atomic mass is 79.9. The molecule has 33 heavy (non-hydrogen) atoms. The molecule has 4 nitrogen and oxygen atoms in total. The van der Waals surface area contributed by atoms with E-state index in [0.717, 1.165) is 26.7 Å². The molecule has 0 N–H and O–H groups in total. The second-order valence-corrected chi connectivity index (χ2v) is 8.53. The first kappa shape index (κ1) is 20.9. The summed E-state index contributed by atoms with van der Waals surface area (Å²) in [5, 5.41) is 19.7. The summed E-state index contributed by atoms with van der Waals surface area (Å²) in [5.74, 6) is 0. The van der Waals surface area contributed by atoms with Crippen LogP contribution in [0.4, 0.5) is 0 Å². The topological polar surface area (TPSA) is 54.5 Å². The molecule has 1 heterocycles. The van der Waals surface area contributed by atoms with Gasteiger partial charge in [-0.1, -0.05) is 119 Å². The van der Waals surface area contributed by atoms with E-state index < -0.39 is 5.54 Å². The summed E-state index contributed by atoms with van der Waals surface area (Å²) < 4.78 is 0.916. The van der Waals surface area contributed by atoms with Gasteiger partial charge in [-0.2, -0.15) is 15.2 Å². The summed E-state index contributed by atoms with van der Waals surface area (Å²) in [4.78, 5) is 1.70. The number of benzene rings is 4. The van der Waals surface area contributed by atoms with E-state index in [1.54, 1.807) is 4.80 Å². The van der Waals surface area contributed by atoms with Crippen LogP contribution in [0, 0.1) is 11.3 Å². The molecule has 0 aliphatic heterocycles. The maximum absolute atomic E-state index is 9.96. The smallest absolute Gasteiger partial charge is 0.190 e. The van der Waals surface area contributed by atoms with Gasteiger partial charge in [-0.25, -0.2) is 0 Å². The van der Waals surface area contributed by atoms with Gasteiger partial charge in [-0.05, 0) is 28.8 Å². The number of aromatic nitrogens is 3. The van der Waals surface area contributed by atoms with Crippen LogP contribution in [0.25, 0.3) is 11.3 Å². The minimum atomic E-state index is -0.861. The average molecular weight is 491 g/mol. The van der Waals surface area contributed by atoms with E-state index >= 15 is 0 Å². The van der Waals surface area contributed by atoms with Gasteiger partial charge in [0.15, 0.2) is 11.2 Å². The van der Waals surface area contributed by atoms with Crippen LogP contribution >= 0.6 is 15.9 Å². The number of halogens is 1. The van der Waals surface area contributed by atoms with E-state index in [2.05, 4.69) is 58.4 Å². The molecule has 0 fully saturated rings. The molecular weight excluding hydrogens is 472 g/mol. The lowest BCUT2D eigenvalue weighted by Gasteiger charge is -2.34. The normalized spacial score (nSPS) is 11.2. The lowest BCUT2D eigenvalue weighted by Crippen LogP contribution is -2.39. The zero-order valence-electron chi connectivity index (χ0n) is 17.6. The van der Waals surface area contributed by atoms with Gasteiger partial charge in [0.25, 0.3) is 0 Å². The summed E-state index contributed by atoms with van der Waals surface area (Å²) in [5.41, 5.74) is 3.80. The standard InChI is InChI=1S/C28H19BrN4/c29-25-18-10-11-21(19-25)27-26(20-30)31-33(32-27)28(22-12-4-1-5-13-22,23-14-6-2-7-15-23)24-16-8-3-9-17-24/h1-19H. The fourth-order valence-electron chi connectivity index (χ4n) is 4.25. The van der Waals surface area contributed by atoms with Gasteiger partial charge in [0, 0.05) is 10.0 Å². The Bertz CT molecular complexity index is 1320. The van der Waals surface area contributed by atoms with Crippen molar-refractivity contribution in [3.05, 3.63) is 142 Å². The summed E-state index contributed by atoms with van der Waals surface area (Å²) in [6, 6.07) is 40.5. The SMILES string of the molecule is N#Cc1nn(C(c2ccccc2)(c2ccccc2)c2ccccc2)nc1-c1cccc(Br)c1. The molecule has 1 aromatic heterocycles. The Kier molecular flexibility index (Phi) is 5.60. The second-order valence-electron chi connectivity index (χ2n) is 7.62. The van der Waals surface area contributed by atoms with Crippen molar-refractivity contribution in [1.82, 2.24) is 15.0 Å². The van der Waals surface area contributed by atoms with Gasteiger partial charge in [-0.15, -0.1) is 5.10 Å². The minimum absolute atomic E-state index is 0.278. The molecule has 5 heteroatoms. The Morgan fingerprint density at radius 2 is 1.18 bits per heavy atom. The Labute approximate surface area is 200 Å². The highest BCUT2D eigenvalue weighted by Crippen LogP contribution is 2.40. The maximum atomic E-state index is 9.96. The molecule has 0 unspecified atom stereocenters. The minimum Gasteiger partial charge on any atom is -0.191 e. The number of nitriles is 1. The number of hydrogen-bond donors (Lipinski definition) is 0. The van der Waals surface area contributed by atoms with Crippen LogP contribution in [0.3, 0.4) is 0 Å². The summed E-state index contributed by atoms with van der Waals surface area (Å²) >= 11 is 3.52. The highest BCUT2D eigenvalue weighted by molar-refractivity contribution is 9.10. The van der Waals surface area contributed by atoms with Crippen molar-refractivity contribution in [3.8, 4) is 17.3 Å². The Morgan fingerprint density at radius 1 is 0.667 bits per heavy atom. The molecule has 5 rings (SSSR count). The van der Waals surface area contributed by atoms with Crippen LogP contribution in [0.5, 0.6) is 0 Å². The van der Waals surface area contributed by atoms with Gasteiger partial charge < -0.3 is 0 Å². The van der Waals surface area contributed by atoms with Crippen molar-refractivity contribution < 1.29 is 0 Å². The van der Waals surface area contributed by atoms with Crippen LogP contribution < -0.4 is 0 Å². The van der Waals surface area contributed by atoms with Gasteiger partial charge in [0.1, 0.15) is 11.8 Å². The zero-order valence-corrected chi connectivity index (χ0v) is 19.2. The van der Waals surface area contributed by atoms with Gasteiger partial charge in [-0.3, -0.25) is 0 Å². The van der Waals surface area contributed by atoms with Crippen molar-refractivity contribution >= 4 is 15.9 Å². The van der Waals surface area contributed by atoms with E-state index in [1.807, 2.05) is 78.9 Å². The molecule has 0 bridgehead atoms. The third kappa shape index (κ3) is 3.65. The predicted octanol–water partition coefficient (Wildman–Crippen LogP) is 6.42. The van der Waals surface area contributed by atoms with E-state index in [0.29, 0.717) is 5.69 Å². The molecule has 4 aromatic carbocycles. The first-order valence-corrected chi connectivity index (χ1v) is 11.3. The van der Waals surface area contributed by atoms with Gasteiger partial charge in [0.2, 0.25) is 0 Å². The largest absolute Gasteiger partial charge is 0.191 e. The van der Waals surface area contributed by atoms with E-state index in [1.165, 1.54) is 0 Å². The summed E-state index contributed by atoms with van der Waals surface area (Å²) in [6.07, 6.45) is 0. The Hall–Kier alpha value is -4.01. The van der Waals surface area contributed by atoms with Crippen LogP contribution in [-0.2, 0) is 5.54 Å². The predicted molar refractivity (Wildman–Crippen MR) is 132 cm³/mol. The lowest BCUT2D eigenvalue weighted by atomic mass is 9.77. The molecule has 0 radical (unpaired) electrons. The molecule has 0 atom stereocenters. The highest BCUT2D eigenvalue weighted by Gasteiger charge is 2.41. The van der Waals surface area contributed by atoms with Crippen LogP contribution in [-0.4, -0.2) is 15.0 Å². The summed E-state index contributed by atoms with van der Waals surface area (Å²) in [7, 11) is 0. The first-order valence-electron chi connectivity index (χ1n) is 10.5. The monoisotopic (exact) mass is 490 g/mol.